The molecule has 4 heteroatoms. The molecular weight excluding hydrogens is 156 g/mol. The van der Waals surface area contributed by atoms with E-state index in [-0.39, 0.29) is 5.70 Å². The molecule has 12 heavy (non-hydrogen) atoms. The van der Waals surface area contributed by atoms with Crippen LogP contribution in [-0.4, -0.2) is 10.5 Å². The Morgan fingerprint density at radius 3 is 2.83 bits per heavy atom. The smallest absolute Gasteiger partial charge is 0.269 e. The van der Waals surface area contributed by atoms with Gasteiger partial charge < -0.3 is 5.73 Å². The normalized spacial score (nSPS) is 28.0. The maximum atomic E-state index is 10.3. The van der Waals surface area contributed by atoms with E-state index in [0.29, 0.717) is 0 Å². The molecule has 0 saturated heterocycles. The Morgan fingerprint density at radius 1 is 1.58 bits per heavy atom. The molecule has 4 nitrogen and oxygen atoms in total. The van der Waals surface area contributed by atoms with Crippen molar-refractivity contribution in [2.24, 2.45) is 5.73 Å². The van der Waals surface area contributed by atoms with E-state index in [4.69, 9.17) is 5.73 Å². The average molecular weight is 166 g/mol. The predicted octanol–water partition coefficient (Wildman–Crippen LogP) is 0.990. The van der Waals surface area contributed by atoms with Gasteiger partial charge in [0.1, 0.15) is 0 Å². The van der Waals surface area contributed by atoms with Gasteiger partial charge in [-0.1, -0.05) is 18.2 Å². The summed E-state index contributed by atoms with van der Waals surface area (Å²) in [5.41, 5.74) is 5.18. The lowest BCUT2D eigenvalue weighted by molar-refractivity contribution is -0.419. The van der Waals surface area contributed by atoms with Gasteiger partial charge in [-0.05, 0) is 6.92 Å². The number of hydrogen-bond donors (Lipinski definition) is 1. The summed E-state index contributed by atoms with van der Waals surface area (Å²) < 4.78 is 0. The number of rotatable bonds is 1. The van der Waals surface area contributed by atoms with E-state index in [9.17, 15) is 10.1 Å². The van der Waals surface area contributed by atoms with Crippen molar-refractivity contribution in [1.29, 1.82) is 0 Å². The van der Waals surface area contributed by atoms with E-state index >= 15 is 0 Å². The van der Waals surface area contributed by atoms with Crippen molar-refractivity contribution < 1.29 is 4.92 Å². The molecule has 0 radical (unpaired) electrons. The van der Waals surface area contributed by atoms with Crippen LogP contribution in [0.3, 0.4) is 0 Å². The van der Waals surface area contributed by atoms with Crippen LogP contribution in [0.25, 0.3) is 0 Å². The van der Waals surface area contributed by atoms with Crippen molar-refractivity contribution in [2.75, 3.05) is 0 Å². The Hall–Kier alpha value is -1.42. The molecule has 0 heterocycles. The Labute approximate surface area is 70.2 Å². The highest BCUT2D eigenvalue weighted by Gasteiger charge is 2.14. The Balaban J connectivity index is 2.94. The summed E-state index contributed by atoms with van der Waals surface area (Å²) >= 11 is 0. The molecule has 2 N–H and O–H groups in total. The van der Waals surface area contributed by atoms with E-state index in [2.05, 4.69) is 0 Å². The average Bonchev–Trinajstić information content (AvgIpc) is 2.10. The molecule has 0 aromatic carbocycles. The van der Waals surface area contributed by atoms with Gasteiger partial charge in [-0.25, -0.2) is 0 Å². The van der Waals surface area contributed by atoms with E-state index in [0.717, 1.165) is 0 Å². The molecule has 64 valence electrons. The molecule has 0 fully saturated rings. The number of allylic oxidation sites excluding steroid dienone is 3. The summed E-state index contributed by atoms with van der Waals surface area (Å²) in [6.07, 6.45) is 7.75. The Kier molecular flexibility index (Phi) is 2.10. The fourth-order valence-corrected chi connectivity index (χ4v) is 0.852. The predicted molar refractivity (Wildman–Crippen MR) is 45.9 cm³/mol. The zero-order valence-electron chi connectivity index (χ0n) is 6.73. The lowest BCUT2D eigenvalue weighted by Crippen LogP contribution is -2.30. The van der Waals surface area contributed by atoms with Crippen LogP contribution in [0.15, 0.2) is 36.1 Å². The first kappa shape index (κ1) is 8.67. The molecule has 1 aliphatic carbocycles. The van der Waals surface area contributed by atoms with Gasteiger partial charge in [-0.3, -0.25) is 10.1 Å². The van der Waals surface area contributed by atoms with Crippen molar-refractivity contribution in [2.45, 2.75) is 12.5 Å². The minimum atomic E-state index is -0.589. The number of nitro groups is 1. The molecule has 1 unspecified atom stereocenters. The summed E-state index contributed by atoms with van der Waals surface area (Å²) in [7, 11) is 0. The van der Waals surface area contributed by atoms with Crippen LogP contribution < -0.4 is 5.73 Å². The van der Waals surface area contributed by atoms with Crippen LogP contribution in [0.5, 0.6) is 0 Å². The van der Waals surface area contributed by atoms with Gasteiger partial charge in [0.2, 0.25) is 0 Å². The van der Waals surface area contributed by atoms with Crippen LogP contribution in [0.2, 0.25) is 0 Å². The second-order valence-corrected chi connectivity index (χ2v) is 2.91. The van der Waals surface area contributed by atoms with Gasteiger partial charge in [0.05, 0.1) is 10.5 Å². The van der Waals surface area contributed by atoms with Gasteiger partial charge in [-0.2, -0.15) is 0 Å². The third-order valence-electron chi connectivity index (χ3n) is 1.55. The first-order chi connectivity index (χ1) is 5.51. The zero-order chi connectivity index (χ0) is 9.19. The first-order valence-corrected chi connectivity index (χ1v) is 3.53. The lowest BCUT2D eigenvalue weighted by atomic mass is 10.0. The van der Waals surface area contributed by atoms with E-state index < -0.39 is 10.5 Å². The van der Waals surface area contributed by atoms with Gasteiger partial charge in [0.15, 0.2) is 0 Å². The van der Waals surface area contributed by atoms with Gasteiger partial charge >= 0.3 is 0 Å². The van der Waals surface area contributed by atoms with Crippen LogP contribution in [0.1, 0.15) is 6.92 Å². The molecule has 1 atom stereocenters. The van der Waals surface area contributed by atoms with Gasteiger partial charge in [-0.15, -0.1) is 0 Å². The molecule has 0 amide bonds. The molecular formula is C8H10N2O2. The summed E-state index contributed by atoms with van der Waals surface area (Å²) in [5, 5.41) is 10.3. The molecule has 0 bridgehead atoms. The number of nitrogens with zero attached hydrogens (tertiary/aromatic N) is 1. The van der Waals surface area contributed by atoms with Crippen molar-refractivity contribution in [3.63, 3.8) is 0 Å². The molecule has 0 aliphatic heterocycles. The Bertz CT molecular complexity index is 287. The maximum Gasteiger partial charge on any atom is 0.269 e. The fraction of sp³-hybridized carbons (Fsp3) is 0.250. The lowest BCUT2D eigenvalue weighted by Gasteiger charge is -2.12. The summed E-state index contributed by atoms with van der Waals surface area (Å²) in [6, 6.07) is 0. The van der Waals surface area contributed by atoms with Gasteiger partial charge in [0, 0.05) is 12.2 Å². The molecule has 0 aromatic heterocycles. The quantitative estimate of drug-likeness (QED) is 0.466. The molecule has 0 aromatic rings. The Morgan fingerprint density at radius 2 is 2.25 bits per heavy atom. The van der Waals surface area contributed by atoms with E-state index in [1.807, 2.05) is 0 Å². The van der Waals surface area contributed by atoms with Crippen molar-refractivity contribution >= 4 is 0 Å². The third kappa shape index (κ3) is 2.03. The maximum absolute atomic E-state index is 10.3. The van der Waals surface area contributed by atoms with Crippen LogP contribution in [0.4, 0.5) is 0 Å². The topological polar surface area (TPSA) is 69.2 Å². The minimum absolute atomic E-state index is 0.0559. The molecule has 0 saturated carbocycles. The molecule has 0 spiro atoms. The molecule has 1 aliphatic rings. The first-order valence-electron chi connectivity index (χ1n) is 3.53. The highest BCUT2D eigenvalue weighted by atomic mass is 16.6. The third-order valence-corrected chi connectivity index (χ3v) is 1.55. The van der Waals surface area contributed by atoms with Crippen LogP contribution in [0, 0.1) is 10.1 Å². The summed E-state index contributed by atoms with van der Waals surface area (Å²) in [6.45, 7) is 1.77. The van der Waals surface area contributed by atoms with Crippen molar-refractivity contribution in [3.8, 4) is 0 Å². The number of hydrogen-bond acceptors (Lipinski definition) is 3. The second-order valence-electron chi connectivity index (χ2n) is 2.91. The standard InChI is InChI=1S/C8H10N2O2/c1-8(9)5-2-3-7(4-6-8)10(11)12/h2-6H,9H2,1H3. The largest absolute Gasteiger partial charge is 0.319 e. The monoisotopic (exact) mass is 166 g/mol. The molecule has 1 rings (SSSR count). The second kappa shape index (κ2) is 2.91. The minimum Gasteiger partial charge on any atom is -0.319 e. The highest BCUT2D eigenvalue weighted by Crippen LogP contribution is 2.11. The summed E-state index contributed by atoms with van der Waals surface area (Å²) in [5.74, 6) is 0. The van der Waals surface area contributed by atoms with E-state index in [1.165, 1.54) is 12.2 Å². The fourth-order valence-electron chi connectivity index (χ4n) is 0.852. The van der Waals surface area contributed by atoms with E-state index in [1.54, 1.807) is 25.2 Å². The van der Waals surface area contributed by atoms with Crippen LogP contribution >= 0.6 is 0 Å². The van der Waals surface area contributed by atoms with Crippen molar-refractivity contribution in [3.05, 3.63) is 46.2 Å². The highest BCUT2D eigenvalue weighted by molar-refractivity contribution is 5.29. The number of nitrogens with two attached hydrogens (primary N) is 1. The van der Waals surface area contributed by atoms with Crippen LogP contribution in [-0.2, 0) is 0 Å². The SMILES string of the molecule is CC1(N)C=CC=C([N+](=O)[O-])C=C1. The van der Waals surface area contributed by atoms with Crippen molar-refractivity contribution in [1.82, 2.24) is 0 Å². The van der Waals surface area contributed by atoms with Gasteiger partial charge in [0.25, 0.3) is 5.70 Å². The zero-order valence-corrected chi connectivity index (χ0v) is 6.73. The summed E-state index contributed by atoms with van der Waals surface area (Å²) in [4.78, 5) is 9.89.